The minimum absolute atomic E-state index is 0.0506. The van der Waals surface area contributed by atoms with E-state index >= 15 is 0 Å². The maximum atomic E-state index is 13.7. The van der Waals surface area contributed by atoms with E-state index in [4.69, 9.17) is 17.0 Å². The Bertz CT molecular complexity index is 666. The van der Waals surface area contributed by atoms with E-state index in [9.17, 15) is 4.39 Å². The second kappa shape index (κ2) is 4.63. The van der Waals surface area contributed by atoms with E-state index < -0.39 is 0 Å². The van der Waals surface area contributed by atoms with Gasteiger partial charge in [-0.25, -0.2) is 4.39 Å². The number of fused-ring (bicyclic) bond motifs is 1. The van der Waals surface area contributed by atoms with Crippen molar-refractivity contribution < 1.29 is 9.13 Å². The van der Waals surface area contributed by atoms with Crippen LogP contribution in [0, 0.1) is 16.0 Å². The van der Waals surface area contributed by atoms with Crippen molar-refractivity contribution in [2.45, 2.75) is 33.7 Å². The van der Waals surface area contributed by atoms with Crippen LogP contribution in [0.5, 0.6) is 5.75 Å². The highest BCUT2D eigenvalue weighted by Crippen LogP contribution is 2.34. The van der Waals surface area contributed by atoms with Crippen molar-refractivity contribution in [3.05, 3.63) is 22.7 Å². The molecule has 19 heavy (non-hydrogen) atoms. The highest BCUT2D eigenvalue weighted by atomic mass is 32.1. The number of benzene rings is 1. The van der Waals surface area contributed by atoms with Gasteiger partial charge >= 0.3 is 0 Å². The van der Waals surface area contributed by atoms with E-state index in [0.717, 1.165) is 5.52 Å². The van der Waals surface area contributed by atoms with Gasteiger partial charge in [0.15, 0.2) is 16.3 Å². The van der Waals surface area contributed by atoms with Gasteiger partial charge in [-0.3, -0.25) is 0 Å². The van der Waals surface area contributed by atoms with Crippen LogP contribution < -0.4 is 4.74 Å². The van der Waals surface area contributed by atoms with Gasteiger partial charge in [-0.15, -0.1) is 0 Å². The number of hydrogen-bond donors (Lipinski definition) is 1. The van der Waals surface area contributed by atoms with Crippen LogP contribution in [0.4, 0.5) is 4.39 Å². The Hall–Kier alpha value is -1.36. The minimum atomic E-state index is -0.387. The molecule has 1 aromatic heterocycles. The zero-order valence-electron chi connectivity index (χ0n) is 11.9. The fourth-order valence-electron chi connectivity index (χ4n) is 2.06. The third-order valence-corrected chi connectivity index (χ3v) is 3.93. The van der Waals surface area contributed by atoms with Crippen molar-refractivity contribution in [1.82, 2.24) is 9.55 Å². The first-order valence-electron chi connectivity index (χ1n) is 6.23. The molecule has 0 bridgehead atoms. The Morgan fingerprint density at radius 1 is 1.37 bits per heavy atom. The van der Waals surface area contributed by atoms with Crippen LogP contribution in [0.15, 0.2) is 12.1 Å². The van der Waals surface area contributed by atoms with Gasteiger partial charge in [-0.2, -0.15) is 0 Å². The number of ether oxygens (including phenoxy) is 1. The number of aromatic nitrogens is 2. The minimum Gasteiger partial charge on any atom is -0.494 e. The van der Waals surface area contributed by atoms with E-state index in [1.165, 1.54) is 13.2 Å². The van der Waals surface area contributed by atoms with Gasteiger partial charge in [0.2, 0.25) is 0 Å². The summed E-state index contributed by atoms with van der Waals surface area (Å²) in [6.07, 6.45) is 0. The Labute approximate surface area is 117 Å². The van der Waals surface area contributed by atoms with Gasteiger partial charge in [0.05, 0.1) is 18.1 Å². The standard InChI is InChI=1S/C14H19FN2OS/c1-8(14(2,3)4)17-11-7-12(18-5)9(15)6-10(11)16-13(17)19/h6-8H,1-5H3,(H,16,19). The van der Waals surface area contributed by atoms with E-state index in [2.05, 4.69) is 32.7 Å². The molecule has 1 atom stereocenters. The van der Waals surface area contributed by atoms with Crippen LogP contribution in [0.3, 0.4) is 0 Å². The smallest absolute Gasteiger partial charge is 0.178 e. The second-order valence-electron chi connectivity index (χ2n) is 5.85. The largest absolute Gasteiger partial charge is 0.494 e. The summed E-state index contributed by atoms with van der Waals surface area (Å²) < 4.78 is 21.4. The van der Waals surface area contributed by atoms with Crippen LogP contribution in [0.25, 0.3) is 11.0 Å². The number of halogens is 1. The lowest BCUT2D eigenvalue weighted by Crippen LogP contribution is -2.21. The predicted molar refractivity (Wildman–Crippen MR) is 77.8 cm³/mol. The van der Waals surface area contributed by atoms with Gasteiger partial charge < -0.3 is 14.3 Å². The van der Waals surface area contributed by atoms with Crippen molar-refractivity contribution in [2.24, 2.45) is 5.41 Å². The topological polar surface area (TPSA) is 29.9 Å². The normalized spacial score (nSPS) is 13.8. The zero-order valence-corrected chi connectivity index (χ0v) is 12.7. The molecule has 0 amide bonds. The first kappa shape index (κ1) is 14.1. The SMILES string of the molecule is COc1cc2c(cc1F)[nH]c(=S)n2C(C)C(C)(C)C. The Morgan fingerprint density at radius 3 is 2.53 bits per heavy atom. The maximum absolute atomic E-state index is 13.7. The number of H-pyrrole nitrogens is 1. The number of methoxy groups -OCH3 is 1. The molecule has 0 aliphatic heterocycles. The van der Waals surface area contributed by atoms with Crippen LogP contribution in [0.1, 0.15) is 33.7 Å². The molecule has 2 aromatic rings. The van der Waals surface area contributed by atoms with Crippen LogP contribution >= 0.6 is 12.2 Å². The lowest BCUT2D eigenvalue weighted by Gasteiger charge is -2.29. The van der Waals surface area contributed by atoms with Crippen molar-refractivity contribution in [2.75, 3.05) is 7.11 Å². The molecule has 0 radical (unpaired) electrons. The molecule has 0 saturated heterocycles. The molecule has 3 nitrogen and oxygen atoms in total. The average molecular weight is 282 g/mol. The molecule has 0 spiro atoms. The van der Waals surface area contributed by atoms with Gasteiger partial charge in [0, 0.05) is 18.2 Å². The van der Waals surface area contributed by atoms with E-state index in [-0.39, 0.29) is 23.0 Å². The summed E-state index contributed by atoms with van der Waals surface area (Å²) in [5, 5.41) is 0. The molecule has 0 aliphatic carbocycles. The third kappa shape index (κ3) is 2.39. The molecule has 5 heteroatoms. The van der Waals surface area contributed by atoms with Crippen molar-refractivity contribution in [3.8, 4) is 5.75 Å². The number of aromatic amines is 1. The second-order valence-corrected chi connectivity index (χ2v) is 6.23. The summed E-state index contributed by atoms with van der Waals surface area (Å²) in [5.41, 5.74) is 1.61. The molecule has 1 aromatic carbocycles. The lowest BCUT2D eigenvalue weighted by molar-refractivity contribution is 0.265. The summed E-state index contributed by atoms with van der Waals surface area (Å²) in [7, 11) is 1.46. The monoisotopic (exact) mass is 282 g/mol. The third-order valence-electron chi connectivity index (χ3n) is 3.63. The maximum Gasteiger partial charge on any atom is 0.178 e. The van der Waals surface area contributed by atoms with Gasteiger partial charge in [-0.05, 0) is 24.6 Å². The molecule has 1 unspecified atom stereocenters. The van der Waals surface area contributed by atoms with Crippen molar-refractivity contribution in [1.29, 1.82) is 0 Å². The summed E-state index contributed by atoms with van der Waals surface area (Å²) in [5.74, 6) is -0.154. The molecule has 1 heterocycles. The van der Waals surface area contributed by atoms with Crippen molar-refractivity contribution >= 4 is 23.3 Å². The van der Waals surface area contributed by atoms with Gasteiger partial charge in [0.1, 0.15) is 0 Å². The summed E-state index contributed by atoms with van der Waals surface area (Å²) >= 11 is 5.36. The molecule has 104 valence electrons. The molecule has 2 rings (SSSR count). The first-order valence-corrected chi connectivity index (χ1v) is 6.64. The molecule has 0 saturated carbocycles. The number of nitrogens with one attached hydrogen (secondary N) is 1. The Kier molecular flexibility index (Phi) is 3.43. The summed E-state index contributed by atoms with van der Waals surface area (Å²) in [4.78, 5) is 3.05. The van der Waals surface area contributed by atoms with Gasteiger partial charge in [0.25, 0.3) is 0 Å². The lowest BCUT2D eigenvalue weighted by atomic mass is 9.88. The summed E-state index contributed by atoms with van der Waals surface area (Å²) in [6.45, 7) is 8.57. The van der Waals surface area contributed by atoms with E-state index in [1.54, 1.807) is 6.07 Å². The number of nitrogens with zero attached hydrogens (tertiary/aromatic N) is 1. The Balaban J connectivity index is 2.74. The number of hydrogen-bond acceptors (Lipinski definition) is 2. The van der Waals surface area contributed by atoms with Crippen LogP contribution in [-0.2, 0) is 0 Å². The van der Waals surface area contributed by atoms with Crippen molar-refractivity contribution in [3.63, 3.8) is 0 Å². The Morgan fingerprint density at radius 2 is 2.00 bits per heavy atom. The highest BCUT2D eigenvalue weighted by Gasteiger charge is 2.24. The fourth-order valence-corrected chi connectivity index (χ4v) is 2.42. The summed E-state index contributed by atoms with van der Waals surface area (Å²) in [6, 6.07) is 3.30. The molecular weight excluding hydrogens is 263 g/mol. The average Bonchev–Trinajstić information content (AvgIpc) is 2.60. The molecule has 0 fully saturated rings. The number of imidazole rings is 1. The van der Waals surface area contributed by atoms with E-state index in [0.29, 0.717) is 10.3 Å². The zero-order chi connectivity index (χ0) is 14.4. The molecule has 0 aliphatic rings. The molecular formula is C14H19FN2OS. The highest BCUT2D eigenvalue weighted by molar-refractivity contribution is 7.71. The van der Waals surface area contributed by atoms with Crippen LogP contribution in [-0.4, -0.2) is 16.7 Å². The fraction of sp³-hybridized carbons (Fsp3) is 0.500. The number of rotatable bonds is 2. The van der Waals surface area contributed by atoms with Gasteiger partial charge in [-0.1, -0.05) is 20.8 Å². The first-order chi connectivity index (χ1) is 8.75. The van der Waals surface area contributed by atoms with E-state index in [1.807, 2.05) is 4.57 Å². The van der Waals surface area contributed by atoms with Crippen LogP contribution in [0.2, 0.25) is 0 Å². The predicted octanol–water partition coefficient (Wildman–Crippen LogP) is 4.45. The quantitative estimate of drug-likeness (QED) is 0.824. The molecule has 1 N–H and O–H groups in total.